The predicted molar refractivity (Wildman–Crippen MR) is 133 cm³/mol. The van der Waals surface area contributed by atoms with Crippen LogP contribution in [0.25, 0.3) is 10.9 Å². The zero-order chi connectivity index (χ0) is 24.8. The predicted octanol–water partition coefficient (Wildman–Crippen LogP) is 3.29. The van der Waals surface area contributed by atoms with E-state index in [9.17, 15) is 14.7 Å². The summed E-state index contributed by atoms with van der Waals surface area (Å²) in [6, 6.07) is 16.2. The maximum Gasteiger partial charge on any atom is 0.336 e. The number of aromatic carboxylic acids is 1. The quantitative estimate of drug-likeness (QED) is 0.512. The van der Waals surface area contributed by atoms with E-state index in [2.05, 4.69) is 26.2 Å². The molecule has 0 radical (unpaired) electrons. The number of nitriles is 1. The number of piperazine rings is 1. The van der Waals surface area contributed by atoms with Crippen LogP contribution in [-0.2, 0) is 4.79 Å². The Balaban J connectivity index is 1.47. The number of nitrogens with zero attached hydrogens (tertiary/aromatic N) is 4. The third-order valence-electron chi connectivity index (χ3n) is 5.90. The molecule has 2 heterocycles. The summed E-state index contributed by atoms with van der Waals surface area (Å²) in [6.07, 6.45) is 0.494. The van der Waals surface area contributed by atoms with Crippen molar-refractivity contribution in [2.24, 2.45) is 0 Å². The summed E-state index contributed by atoms with van der Waals surface area (Å²) in [4.78, 5) is 33.4. The minimum Gasteiger partial charge on any atom is -0.484 e. The molecule has 35 heavy (non-hydrogen) atoms. The van der Waals surface area contributed by atoms with Crippen molar-refractivity contribution in [3.05, 3.63) is 59.7 Å². The minimum absolute atomic E-state index is 0.129. The van der Waals surface area contributed by atoms with Crippen LogP contribution in [0.4, 0.5) is 11.5 Å². The summed E-state index contributed by atoms with van der Waals surface area (Å²) in [6.45, 7) is 5.51. The summed E-state index contributed by atoms with van der Waals surface area (Å²) >= 11 is 0. The Labute approximate surface area is 203 Å². The van der Waals surface area contributed by atoms with Crippen LogP contribution in [0.1, 0.15) is 22.3 Å². The van der Waals surface area contributed by atoms with Crippen LogP contribution in [-0.4, -0.2) is 66.2 Å². The molecule has 0 unspecified atom stereocenters. The number of hydrogen-bond acceptors (Lipinski definition) is 7. The first-order valence-electron chi connectivity index (χ1n) is 11.4. The normalized spacial score (nSPS) is 13.9. The van der Waals surface area contributed by atoms with Crippen LogP contribution in [0.3, 0.4) is 0 Å². The van der Waals surface area contributed by atoms with Crippen molar-refractivity contribution in [2.75, 3.05) is 49.5 Å². The second-order valence-corrected chi connectivity index (χ2v) is 8.46. The number of carboxylic acids is 1. The molecule has 1 aromatic heterocycles. The highest BCUT2D eigenvalue weighted by molar-refractivity contribution is 6.05. The lowest BCUT2D eigenvalue weighted by molar-refractivity contribution is -0.118. The highest BCUT2D eigenvalue weighted by atomic mass is 16.5. The Morgan fingerprint density at radius 2 is 1.94 bits per heavy atom. The van der Waals surface area contributed by atoms with E-state index in [1.165, 1.54) is 0 Å². The number of fused-ring (bicyclic) bond motifs is 1. The van der Waals surface area contributed by atoms with E-state index in [1.807, 2.05) is 25.1 Å². The molecular formula is C26H27N5O4. The van der Waals surface area contributed by atoms with Gasteiger partial charge in [-0.25, -0.2) is 9.78 Å². The van der Waals surface area contributed by atoms with E-state index in [4.69, 9.17) is 10.00 Å². The molecule has 3 aromatic rings. The molecule has 9 nitrogen and oxygen atoms in total. The Morgan fingerprint density at radius 3 is 2.66 bits per heavy atom. The van der Waals surface area contributed by atoms with Gasteiger partial charge in [0.2, 0.25) is 0 Å². The first kappa shape index (κ1) is 24.0. The molecule has 2 aromatic carbocycles. The molecule has 0 saturated carbocycles. The minimum atomic E-state index is -1.06. The second kappa shape index (κ2) is 10.8. The van der Waals surface area contributed by atoms with Crippen LogP contribution in [0.5, 0.6) is 5.75 Å². The molecule has 2 N–H and O–H groups in total. The van der Waals surface area contributed by atoms with Crippen LogP contribution in [0, 0.1) is 18.3 Å². The van der Waals surface area contributed by atoms with E-state index in [0.29, 0.717) is 47.7 Å². The largest absolute Gasteiger partial charge is 0.484 e. The van der Waals surface area contributed by atoms with Crippen LogP contribution < -0.4 is 15.0 Å². The van der Waals surface area contributed by atoms with Crippen molar-refractivity contribution in [1.29, 1.82) is 5.26 Å². The molecule has 1 saturated heterocycles. The number of carbonyl (C=O) groups excluding carboxylic acids is 1. The molecule has 0 spiro atoms. The monoisotopic (exact) mass is 473 g/mol. The van der Waals surface area contributed by atoms with Gasteiger partial charge in [-0.3, -0.25) is 9.69 Å². The molecule has 0 atom stereocenters. The van der Waals surface area contributed by atoms with Gasteiger partial charge in [0.1, 0.15) is 11.6 Å². The number of pyridine rings is 1. The van der Waals surface area contributed by atoms with E-state index < -0.39 is 5.97 Å². The average molecular weight is 474 g/mol. The van der Waals surface area contributed by atoms with Gasteiger partial charge < -0.3 is 20.1 Å². The Kier molecular flexibility index (Phi) is 7.43. The molecule has 1 aliphatic rings. The SMILES string of the molecule is Cc1cccc(OCC(=O)Nc2ccc3nc(N4CCN(CCC#N)CC4)cc(C(=O)O)c3c2)c1. The van der Waals surface area contributed by atoms with E-state index >= 15 is 0 Å². The number of nitrogens with one attached hydrogen (secondary N) is 1. The lowest BCUT2D eigenvalue weighted by Crippen LogP contribution is -2.46. The maximum absolute atomic E-state index is 12.4. The van der Waals surface area contributed by atoms with Gasteiger partial charge in [0.05, 0.1) is 17.1 Å². The van der Waals surface area contributed by atoms with Gasteiger partial charge >= 0.3 is 5.97 Å². The fourth-order valence-corrected chi connectivity index (χ4v) is 4.09. The molecule has 9 heteroatoms. The lowest BCUT2D eigenvalue weighted by Gasteiger charge is -2.35. The highest BCUT2D eigenvalue weighted by Gasteiger charge is 2.21. The first-order chi connectivity index (χ1) is 16.9. The van der Waals surface area contributed by atoms with Crippen LogP contribution >= 0.6 is 0 Å². The van der Waals surface area contributed by atoms with Gasteiger partial charge in [-0.15, -0.1) is 0 Å². The Morgan fingerprint density at radius 1 is 1.14 bits per heavy atom. The number of benzene rings is 2. The number of carboxylic acid groups (broad SMARTS) is 1. The molecule has 0 aliphatic carbocycles. The van der Waals surface area contributed by atoms with Crippen molar-refractivity contribution in [1.82, 2.24) is 9.88 Å². The summed E-state index contributed by atoms with van der Waals surface area (Å²) in [5.74, 6) is -0.188. The number of carbonyl (C=O) groups is 2. The number of ether oxygens (including phenoxy) is 1. The number of aryl methyl sites for hydroxylation is 1. The van der Waals surface area contributed by atoms with Gasteiger partial charge in [-0.2, -0.15) is 5.26 Å². The average Bonchev–Trinajstić information content (AvgIpc) is 2.86. The molecule has 1 aliphatic heterocycles. The standard InChI is InChI=1S/C26H27N5O4/c1-18-4-2-5-20(14-18)35-17-25(32)28-19-6-7-23-21(15-19)22(26(33)34)16-24(29-23)31-12-10-30(11-13-31)9-3-8-27/h2,4-7,14-16H,3,9-13,17H2,1H3,(H,28,32)(H,33,34). The molecular weight excluding hydrogens is 446 g/mol. The first-order valence-corrected chi connectivity index (χ1v) is 11.4. The van der Waals surface area contributed by atoms with Gasteiger partial charge in [-0.05, 0) is 48.9 Å². The van der Waals surface area contributed by atoms with Crippen molar-refractivity contribution in [3.8, 4) is 11.8 Å². The van der Waals surface area contributed by atoms with Crippen LogP contribution in [0.15, 0.2) is 48.5 Å². The van der Waals surface area contributed by atoms with Gasteiger partial charge in [0, 0.05) is 50.2 Å². The third-order valence-corrected chi connectivity index (χ3v) is 5.90. The summed E-state index contributed by atoms with van der Waals surface area (Å²) < 4.78 is 5.54. The second-order valence-electron chi connectivity index (χ2n) is 8.46. The number of hydrogen-bond donors (Lipinski definition) is 2. The van der Waals surface area contributed by atoms with Crippen molar-refractivity contribution in [2.45, 2.75) is 13.3 Å². The molecule has 0 bridgehead atoms. The van der Waals surface area contributed by atoms with Gasteiger partial charge in [0.15, 0.2) is 6.61 Å². The van der Waals surface area contributed by atoms with Gasteiger partial charge in [0.25, 0.3) is 5.91 Å². The van der Waals surface area contributed by atoms with Gasteiger partial charge in [-0.1, -0.05) is 12.1 Å². The van der Waals surface area contributed by atoms with E-state index in [-0.39, 0.29) is 18.1 Å². The number of rotatable bonds is 8. The van der Waals surface area contributed by atoms with Crippen molar-refractivity contribution in [3.63, 3.8) is 0 Å². The molecule has 1 amide bonds. The molecule has 4 rings (SSSR count). The number of anilines is 2. The summed E-state index contributed by atoms with van der Waals surface area (Å²) in [5, 5.41) is 21.8. The zero-order valence-electron chi connectivity index (χ0n) is 19.5. The third kappa shape index (κ3) is 6.05. The fraction of sp³-hybridized carbons (Fsp3) is 0.308. The van der Waals surface area contributed by atoms with Crippen molar-refractivity contribution >= 4 is 34.3 Å². The van der Waals surface area contributed by atoms with E-state index in [0.717, 1.165) is 25.2 Å². The highest BCUT2D eigenvalue weighted by Crippen LogP contribution is 2.27. The zero-order valence-corrected chi connectivity index (χ0v) is 19.5. The maximum atomic E-state index is 12.4. The summed E-state index contributed by atoms with van der Waals surface area (Å²) in [5.41, 5.74) is 2.18. The number of aromatic nitrogens is 1. The lowest BCUT2D eigenvalue weighted by atomic mass is 10.1. The number of amides is 1. The van der Waals surface area contributed by atoms with E-state index in [1.54, 1.807) is 30.3 Å². The fourth-order valence-electron chi connectivity index (χ4n) is 4.09. The Bertz CT molecular complexity index is 1280. The Hall–Kier alpha value is -4.16. The summed E-state index contributed by atoms with van der Waals surface area (Å²) in [7, 11) is 0. The smallest absolute Gasteiger partial charge is 0.336 e. The van der Waals surface area contributed by atoms with Crippen LogP contribution in [0.2, 0.25) is 0 Å². The molecule has 180 valence electrons. The molecule has 1 fully saturated rings. The van der Waals surface area contributed by atoms with Crippen molar-refractivity contribution < 1.29 is 19.4 Å². The topological polar surface area (TPSA) is 119 Å².